The van der Waals surface area contributed by atoms with Crippen LogP contribution < -0.4 is 21.5 Å². The first-order valence-corrected chi connectivity index (χ1v) is 13.6. The molecule has 2 aliphatic rings. The number of piperidine rings is 1. The van der Waals surface area contributed by atoms with Crippen molar-refractivity contribution in [1.29, 1.82) is 0 Å². The molecule has 0 bridgehead atoms. The van der Waals surface area contributed by atoms with E-state index in [0.717, 1.165) is 81.1 Å². The molecule has 4 aromatic rings. The van der Waals surface area contributed by atoms with Crippen molar-refractivity contribution in [3.8, 4) is 0 Å². The molecule has 1 aliphatic heterocycles. The molecular formula is C28H33N7O3. The van der Waals surface area contributed by atoms with E-state index in [1.54, 1.807) is 6.07 Å². The highest BCUT2D eigenvalue weighted by Gasteiger charge is 2.22. The van der Waals surface area contributed by atoms with Gasteiger partial charge in [-0.05, 0) is 74.8 Å². The Bertz CT molecular complexity index is 1520. The minimum Gasteiger partial charge on any atom is -0.372 e. The van der Waals surface area contributed by atoms with Gasteiger partial charge in [-0.15, -0.1) is 0 Å². The maximum Gasteiger partial charge on any atom is 0.438 e. The zero-order chi connectivity index (χ0) is 26.1. The summed E-state index contributed by atoms with van der Waals surface area (Å²) in [4.78, 5) is 38.4. The molecule has 198 valence electrons. The number of anilines is 3. The van der Waals surface area contributed by atoms with Gasteiger partial charge in [0.2, 0.25) is 5.95 Å². The van der Waals surface area contributed by atoms with Gasteiger partial charge in [0.1, 0.15) is 5.65 Å². The smallest absolute Gasteiger partial charge is 0.372 e. The van der Waals surface area contributed by atoms with Gasteiger partial charge < -0.3 is 10.2 Å². The molecule has 0 atom stereocenters. The number of nitrogens with one attached hydrogen (secondary N) is 2. The molecule has 10 heteroatoms. The van der Waals surface area contributed by atoms with Crippen molar-refractivity contribution in [2.75, 3.05) is 23.3 Å². The summed E-state index contributed by atoms with van der Waals surface area (Å²) in [5.74, 6) is 1.26. The van der Waals surface area contributed by atoms with Gasteiger partial charge in [-0.1, -0.05) is 18.0 Å². The third-order valence-electron chi connectivity index (χ3n) is 8.07. The molecule has 10 nitrogen and oxygen atoms in total. The van der Waals surface area contributed by atoms with Crippen molar-refractivity contribution in [2.45, 2.75) is 64.3 Å². The SMILES string of the molecule is Cc1cc(=O)n(C2CCCC2)c2nc(Nc3ccc(N4CCC(CCc5noc(=O)[nH]5)CC4)cc3)ncc12. The van der Waals surface area contributed by atoms with E-state index < -0.39 is 5.76 Å². The molecule has 38 heavy (non-hydrogen) atoms. The number of nitrogens with zero attached hydrogens (tertiary/aromatic N) is 5. The minimum absolute atomic E-state index is 0.0211. The summed E-state index contributed by atoms with van der Waals surface area (Å²) in [5, 5.41) is 8.02. The Hall–Kier alpha value is -3.95. The van der Waals surface area contributed by atoms with E-state index in [1.807, 2.05) is 17.7 Å². The topological polar surface area (TPSA) is 122 Å². The maximum absolute atomic E-state index is 12.9. The van der Waals surface area contributed by atoms with Gasteiger partial charge in [0.15, 0.2) is 5.82 Å². The van der Waals surface area contributed by atoms with Crippen molar-refractivity contribution >= 4 is 28.4 Å². The first kappa shape index (κ1) is 24.4. The first-order chi connectivity index (χ1) is 18.5. The molecule has 2 N–H and O–H groups in total. The third kappa shape index (κ3) is 5.07. The number of H-pyrrole nitrogens is 1. The average Bonchev–Trinajstić information content (AvgIpc) is 3.60. The van der Waals surface area contributed by atoms with Gasteiger partial charge in [0.25, 0.3) is 5.56 Å². The third-order valence-corrected chi connectivity index (χ3v) is 8.07. The van der Waals surface area contributed by atoms with Gasteiger partial charge in [-0.2, -0.15) is 4.98 Å². The fourth-order valence-corrected chi connectivity index (χ4v) is 5.92. The first-order valence-electron chi connectivity index (χ1n) is 13.6. The van der Waals surface area contributed by atoms with Crippen LogP contribution in [-0.4, -0.2) is 37.8 Å². The molecule has 0 unspecified atom stereocenters. The number of benzene rings is 1. The highest BCUT2D eigenvalue weighted by molar-refractivity contribution is 5.79. The fourth-order valence-electron chi connectivity index (χ4n) is 5.92. The number of hydrogen-bond acceptors (Lipinski definition) is 8. The van der Waals surface area contributed by atoms with Gasteiger partial charge in [0.05, 0.1) is 0 Å². The van der Waals surface area contributed by atoms with E-state index in [0.29, 0.717) is 23.3 Å². The number of rotatable bonds is 7. The second-order valence-electron chi connectivity index (χ2n) is 10.6. The Morgan fingerprint density at radius 2 is 1.84 bits per heavy atom. The molecule has 0 amide bonds. The largest absolute Gasteiger partial charge is 0.438 e. The molecule has 0 radical (unpaired) electrons. The number of pyridine rings is 1. The van der Waals surface area contributed by atoms with Crippen molar-refractivity contribution < 1.29 is 4.52 Å². The Labute approximate surface area is 220 Å². The number of aromatic nitrogens is 5. The standard InChI is InChI=1S/C28H33N7O3/c1-18-16-25(36)35(22-4-2-3-5-22)26-23(18)17-29-27(32-26)30-20-7-9-21(10-8-20)34-14-12-19(13-15-34)6-11-24-31-28(37)38-33-24/h7-10,16-17,19,22H,2-6,11-15H2,1H3,(H,29,30,32)(H,31,33,37). The van der Waals surface area contributed by atoms with Crippen LogP contribution in [0.1, 0.15) is 62.4 Å². The van der Waals surface area contributed by atoms with Crippen LogP contribution in [0.25, 0.3) is 11.0 Å². The zero-order valence-corrected chi connectivity index (χ0v) is 21.7. The lowest BCUT2D eigenvalue weighted by molar-refractivity contribution is 0.363. The van der Waals surface area contributed by atoms with E-state index in [1.165, 1.54) is 5.69 Å². The fraction of sp³-hybridized carbons (Fsp3) is 0.464. The molecule has 0 spiro atoms. The van der Waals surface area contributed by atoms with Gasteiger partial charge in [-0.25, -0.2) is 9.78 Å². The van der Waals surface area contributed by atoms with E-state index in [2.05, 4.69) is 54.1 Å². The van der Waals surface area contributed by atoms with Crippen molar-refractivity contribution in [3.05, 3.63) is 68.8 Å². The molecular weight excluding hydrogens is 482 g/mol. The molecule has 1 aromatic carbocycles. The summed E-state index contributed by atoms with van der Waals surface area (Å²) in [6.45, 7) is 3.94. The number of hydrogen-bond donors (Lipinski definition) is 2. The Kier molecular flexibility index (Phi) is 6.70. The molecule has 1 saturated heterocycles. The van der Waals surface area contributed by atoms with Crippen LogP contribution in [0, 0.1) is 12.8 Å². The molecule has 3 aromatic heterocycles. The molecule has 6 rings (SSSR count). The lowest BCUT2D eigenvalue weighted by Gasteiger charge is -2.33. The summed E-state index contributed by atoms with van der Waals surface area (Å²) < 4.78 is 6.46. The van der Waals surface area contributed by atoms with Crippen molar-refractivity contribution in [1.82, 2.24) is 24.7 Å². The van der Waals surface area contributed by atoms with Crippen LogP contribution in [-0.2, 0) is 6.42 Å². The Balaban J connectivity index is 1.11. The van der Waals surface area contributed by atoms with E-state index in [9.17, 15) is 9.59 Å². The van der Waals surface area contributed by atoms with Crippen molar-refractivity contribution in [3.63, 3.8) is 0 Å². The summed E-state index contributed by atoms with van der Waals surface area (Å²) in [6.07, 6.45) is 10.1. The summed E-state index contributed by atoms with van der Waals surface area (Å²) in [5.41, 5.74) is 3.75. The van der Waals surface area contributed by atoms with Crippen LogP contribution >= 0.6 is 0 Å². The normalized spacial score (nSPS) is 16.9. The summed E-state index contributed by atoms with van der Waals surface area (Å²) in [7, 11) is 0. The molecule has 4 heterocycles. The molecule has 2 fully saturated rings. The Morgan fingerprint density at radius 1 is 1.08 bits per heavy atom. The highest BCUT2D eigenvalue weighted by atomic mass is 16.5. The van der Waals surface area contributed by atoms with Crippen LogP contribution in [0.5, 0.6) is 0 Å². The summed E-state index contributed by atoms with van der Waals surface area (Å²) >= 11 is 0. The lowest BCUT2D eigenvalue weighted by Crippen LogP contribution is -2.33. The predicted octanol–water partition coefficient (Wildman–Crippen LogP) is 4.48. The quantitative estimate of drug-likeness (QED) is 0.369. The number of fused-ring (bicyclic) bond motifs is 1. The highest BCUT2D eigenvalue weighted by Crippen LogP contribution is 2.31. The summed E-state index contributed by atoms with van der Waals surface area (Å²) in [6, 6.07) is 10.3. The number of aromatic amines is 1. The minimum atomic E-state index is -0.487. The van der Waals surface area contributed by atoms with Gasteiger partial charge >= 0.3 is 5.76 Å². The zero-order valence-electron chi connectivity index (χ0n) is 21.7. The lowest BCUT2D eigenvalue weighted by atomic mass is 9.92. The van der Waals surface area contributed by atoms with Crippen LogP contribution in [0.2, 0.25) is 0 Å². The second-order valence-corrected chi connectivity index (χ2v) is 10.6. The second kappa shape index (κ2) is 10.4. The number of aryl methyl sites for hydroxylation is 2. The maximum atomic E-state index is 12.9. The van der Waals surface area contributed by atoms with E-state index >= 15 is 0 Å². The molecule has 1 saturated carbocycles. The van der Waals surface area contributed by atoms with E-state index in [4.69, 9.17) is 4.98 Å². The van der Waals surface area contributed by atoms with Gasteiger partial charge in [0, 0.05) is 54.6 Å². The van der Waals surface area contributed by atoms with Gasteiger partial charge in [-0.3, -0.25) is 18.9 Å². The van der Waals surface area contributed by atoms with Crippen LogP contribution in [0.4, 0.5) is 17.3 Å². The average molecular weight is 516 g/mol. The monoisotopic (exact) mass is 515 g/mol. The van der Waals surface area contributed by atoms with Crippen LogP contribution in [0.3, 0.4) is 0 Å². The predicted molar refractivity (Wildman–Crippen MR) is 146 cm³/mol. The van der Waals surface area contributed by atoms with Crippen LogP contribution in [0.15, 0.2) is 50.6 Å². The van der Waals surface area contributed by atoms with Crippen molar-refractivity contribution in [2.24, 2.45) is 5.92 Å². The Morgan fingerprint density at radius 3 is 2.55 bits per heavy atom. The van der Waals surface area contributed by atoms with E-state index in [-0.39, 0.29) is 11.6 Å². The molecule has 1 aliphatic carbocycles.